The van der Waals surface area contributed by atoms with Crippen molar-refractivity contribution in [2.75, 3.05) is 0 Å². The molecule has 2 heteroatoms. The van der Waals surface area contributed by atoms with Crippen LogP contribution in [0.3, 0.4) is 0 Å². The highest BCUT2D eigenvalue weighted by Crippen LogP contribution is 2.36. The Balaban J connectivity index is 1.89. The number of rotatable bonds is 3. The molecule has 0 radical (unpaired) electrons. The molecule has 3 rings (SSSR count). The van der Waals surface area contributed by atoms with Gasteiger partial charge in [0.2, 0.25) is 0 Å². The first kappa shape index (κ1) is 14.8. The van der Waals surface area contributed by atoms with Crippen molar-refractivity contribution in [3.63, 3.8) is 0 Å². The van der Waals surface area contributed by atoms with Crippen molar-refractivity contribution in [1.29, 1.82) is 0 Å². The van der Waals surface area contributed by atoms with Gasteiger partial charge < -0.3 is 4.74 Å². The lowest BCUT2D eigenvalue weighted by molar-refractivity contribution is 0.176. The highest BCUT2D eigenvalue weighted by molar-refractivity contribution is 5.83. The third-order valence-electron chi connectivity index (χ3n) is 3.93. The topological polar surface area (TPSA) is 21.6 Å². The Morgan fingerprint density at radius 3 is 2.09 bits per heavy atom. The molecular formula is C20H23NO. The van der Waals surface area contributed by atoms with Crippen LogP contribution in [0.5, 0.6) is 0 Å². The molecule has 2 atom stereocenters. The molecule has 0 aliphatic carbocycles. The summed E-state index contributed by atoms with van der Waals surface area (Å²) < 4.78 is 6.25. The van der Waals surface area contributed by atoms with E-state index >= 15 is 0 Å². The van der Waals surface area contributed by atoms with Crippen LogP contribution < -0.4 is 0 Å². The number of benzene rings is 2. The first-order chi connectivity index (χ1) is 10.5. The molecule has 0 fully saturated rings. The van der Waals surface area contributed by atoms with Gasteiger partial charge in [-0.2, -0.15) is 0 Å². The summed E-state index contributed by atoms with van der Waals surface area (Å²) in [5.41, 5.74) is 2.45. The molecule has 2 aromatic carbocycles. The second-order valence-corrected chi connectivity index (χ2v) is 6.89. The minimum Gasteiger partial charge on any atom is -0.470 e. The largest absolute Gasteiger partial charge is 0.470 e. The van der Waals surface area contributed by atoms with Crippen LogP contribution in [0.25, 0.3) is 0 Å². The summed E-state index contributed by atoms with van der Waals surface area (Å²) in [6.45, 7) is 6.45. The Hall–Kier alpha value is -2.09. The fourth-order valence-corrected chi connectivity index (χ4v) is 2.76. The molecule has 0 amide bonds. The quantitative estimate of drug-likeness (QED) is 0.795. The molecule has 0 spiro atoms. The maximum absolute atomic E-state index is 6.25. The lowest BCUT2D eigenvalue weighted by Gasteiger charge is -2.21. The molecule has 0 saturated carbocycles. The van der Waals surface area contributed by atoms with E-state index in [-0.39, 0.29) is 17.6 Å². The Morgan fingerprint density at radius 1 is 0.909 bits per heavy atom. The second-order valence-electron chi connectivity index (χ2n) is 6.89. The molecule has 0 N–H and O–H groups in total. The van der Waals surface area contributed by atoms with Crippen molar-refractivity contribution >= 4 is 5.90 Å². The van der Waals surface area contributed by atoms with Crippen LogP contribution in [0.15, 0.2) is 65.7 Å². The van der Waals surface area contributed by atoms with Gasteiger partial charge in [0.05, 0.1) is 6.04 Å². The Kier molecular flexibility index (Phi) is 4.02. The highest BCUT2D eigenvalue weighted by atomic mass is 16.5. The van der Waals surface area contributed by atoms with E-state index in [2.05, 4.69) is 69.3 Å². The van der Waals surface area contributed by atoms with E-state index in [0.717, 1.165) is 12.3 Å². The predicted molar refractivity (Wildman–Crippen MR) is 91.1 cm³/mol. The number of aliphatic imine (C=N–C) groups is 1. The Labute approximate surface area is 132 Å². The number of hydrogen-bond donors (Lipinski definition) is 0. The van der Waals surface area contributed by atoms with E-state index in [0.29, 0.717) is 0 Å². The average molecular weight is 293 g/mol. The number of ether oxygens (including phenoxy) is 1. The van der Waals surface area contributed by atoms with Gasteiger partial charge in [-0.1, -0.05) is 81.4 Å². The Morgan fingerprint density at radius 2 is 1.50 bits per heavy atom. The molecule has 114 valence electrons. The summed E-state index contributed by atoms with van der Waals surface area (Å²) in [7, 11) is 0. The lowest BCUT2D eigenvalue weighted by Crippen LogP contribution is -2.21. The zero-order chi connectivity index (χ0) is 15.6. The summed E-state index contributed by atoms with van der Waals surface area (Å²) in [6, 6.07) is 21.1. The molecular weight excluding hydrogens is 270 g/mol. The van der Waals surface area contributed by atoms with Crippen LogP contribution in [0.4, 0.5) is 0 Å². The summed E-state index contributed by atoms with van der Waals surface area (Å²) in [5, 5.41) is 0. The van der Waals surface area contributed by atoms with E-state index in [1.54, 1.807) is 0 Å². The smallest absolute Gasteiger partial charge is 0.189 e. The van der Waals surface area contributed by atoms with Crippen LogP contribution >= 0.6 is 0 Å². The zero-order valence-corrected chi connectivity index (χ0v) is 13.5. The van der Waals surface area contributed by atoms with Crippen LogP contribution in [0, 0.1) is 5.41 Å². The van der Waals surface area contributed by atoms with Crippen LogP contribution in [0.2, 0.25) is 0 Å². The first-order valence-electron chi connectivity index (χ1n) is 7.88. The monoisotopic (exact) mass is 293 g/mol. The zero-order valence-electron chi connectivity index (χ0n) is 13.5. The number of hydrogen-bond acceptors (Lipinski definition) is 2. The van der Waals surface area contributed by atoms with Gasteiger partial charge in [0, 0.05) is 5.41 Å². The van der Waals surface area contributed by atoms with Gasteiger partial charge in [-0.25, -0.2) is 4.99 Å². The Bertz CT molecular complexity index is 640. The van der Waals surface area contributed by atoms with Crippen molar-refractivity contribution < 1.29 is 4.74 Å². The maximum Gasteiger partial charge on any atom is 0.189 e. The minimum atomic E-state index is -0.0571. The SMILES string of the molecule is CC(C)(C)C1=N[C@@H](Cc2ccccc2)[C@H](c2ccccc2)O1. The van der Waals surface area contributed by atoms with Crippen LogP contribution in [-0.4, -0.2) is 11.9 Å². The normalized spacial score (nSPS) is 21.3. The van der Waals surface area contributed by atoms with Gasteiger partial charge in [0.25, 0.3) is 0 Å². The van der Waals surface area contributed by atoms with E-state index in [1.807, 2.05) is 12.1 Å². The molecule has 2 nitrogen and oxygen atoms in total. The van der Waals surface area contributed by atoms with E-state index in [1.165, 1.54) is 11.1 Å². The maximum atomic E-state index is 6.25. The molecule has 1 aliphatic rings. The van der Waals surface area contributed by atoms with Crippen molar-refractivity contribution in [3.05, 3.63) is 71.8 Å². The van der Waals surface area contributed by atoms with Crippen LogP contribution in [0.1, 0.15) is 38.0 Å². The minimum absolute atomic E-state index is 0.00984. The third-order valence-corrected chi connectivity index (χ3v) is 3.93. The molecule has 0 bridgehead atoms. The van der Waals surface area contributed by atoms with Gasteiger partial charge in [0.15, 0.2) is 5.90 Å². The van der Waals surface area contributed by atoms with E-state index in [9.17, 15) is 0 Å². The molecule has 22 heavy (non-hydrogen) atoms. The van der Waals surface area contributed by atoms with Gasteiger partial charge in [-0.3, -0.25) is 0 Å². The summed E-state index contributed by atoms with van der Waals surface area (Å²) in [4.78, 5) is 4.91. The van der Waals surface area contributed by atoms with Crippen molar-refractivity contribution in [3.8, 4) is 0 Å². The summed E-state index contributed by atoms with van der Waals surface area (Å²) >= 11 is 0. The van der Waals surface area contributed by atoms with Crippen molar-refractivity contribution in [1.82, 2.24) is 0 Å². The standard InChI is InChI=1S/C20H23NO/c1-20(2,3)19-21-17(14-15-10-6-4-7-11-15)18(22-19)16-12-8-5-9-13-16/h4-13,17-18H,14H2,1-3H3/t17-,18-/m0/s1. The lowest BCUT2D eigenvalue weighted by atomic mass is 9.96. The fourth-order valence-electron chi connectivity index (χ4n) is 2.76. The molecule has 0 unspecified atom stereocenters. The van der Waals surface area contributed by atoms with E-state index < -0.39 is 0 Å². The molecule has 0 saturated heterocycles. The van der Waals surface area contributed by atoms with Gasteiger partial charge in [-0.15, -0.1) is 0 Å². The second kappa shape index (κ2) is 5.96. The molecule has 1 heterocycles. The van der Waals surface area contributed by atoms with E-state index in [4.69, 9.17) is 9.73 Å². The van der Waals surface area contributed by atoms with Crippen molar-refractivity contribution in [2.24, 2.45) is 10.4 Å². The summed E-state index contributed by atoms with van der Waals surface area (Å²) in [6.07, 6.45) is 0.913. The predicted octanol–water partition coefficient (Wildman–Crippen LogP) is 4.81. The average Bonchev–Trinajstić information content (AvgIpc) is 2.93. The third kappa shape index (κ3) is 3.22. The van der Waals surface area contributed by atoms with Gasteiger partial charge >= 0.3 is 0 Å². The fraction of sp³-hybridized carbons (Fsp3) is 0.350. The van der Waals surface area contributed by atoms with Gasteiger partial charge in [-0.05, 0) is 17.5 Å². The molecule has 0 aromatic heterocycles. The van der Waals surface area contributed by atoms with Crippen molar-refractivity contribution in [2.45, 2.75) is 39.3 Å². The first-order valence-corrected chi connectivity index (χ1v) is 7.88. The summed E-state index contributed by atoms with van der Waals surface area (Å²) in [5.74, 6) is 0.863. The molecule has 1 aliphatic heterocycles. The van der Waals surface area contributed by atoms with Gasteiger partial charge in [0.1, 0.15) is 6.10 Å². The number of nitrogens with zero attached hydrogens (tertiary/aromatic N) is 1. The highest BCUT2D eigenvalue weighted by Gasteiger charge is 2.36. The molecule has 2 aromatic rings. The van der Waals surface area contributed by atoms with Crippen LogP contribution in [-0.2, 0) is 11.2 Å².